The number of hydrogen-bond acceptors (Lipinski definition) is 4. The zero-order valence-corrected chi connectivity index (χ0v) is 17.4. The van der Waals surface area contributed by atoms with Gasteiger partial charge in [0.25, 0.3) is 5.91 Å². The summed E-state index contributed by atoms with van der Waals surface area (Å²) in [5.41, 5.74) is 0.835. The molecule has 2 amide bonds. The largest absolute Gasteiger partial charge is 0.459 e. The standard InChI is InChI=1S/C23H21ClFN3O3/c24-18-14-17(7-8-19(18)25)28(23(30)20-6-3-13-31-20)21(15-9-11-26-12-10-15)22(29)27-16-4-1-2-5-16/h3,6-14,16,21H,1-2,4-5H2,(H,27,29)/t21-/m1/s1. The fraction of sp³-hybridized carbons (Fsp3) is 0.261. The fourth-order valence-corrected chi connectivity index (χ4v) is 4.03. The monoisotopic (exact) mass is 441 g/mol. The lowest BCUT2D eigenvalue weighted by atomic mass is 10.0. The summed E-state index contributed by atoms with van der Waals surface area (Å²) in [7, 11) is 0. The van der Waals surface area contributed by atoms with Crippen LogP contribution < -0.4 is 10.2 Å². The molecule has 1 fully saturated rings. The minimum absolute atomic E-state index is 0.0492. The van der Waals surface area contributed by atoms with Crippen LogP contribution in [0.4, 0.5) is 10.1 Å². The van der Waals surface area contributed by atoms with Gasteiger partial charge in [-0.3, -0.25) is 19.5 Å². The molecule has 0 spiro atoms. The van der Waals surface area contributed by atoms with Crippen molar-refractivity contribution < 1.29 is 18.4 Å². The fourth-order valence-electron chi connectivity index (χ4n) is 3.85. The Bertz CT molecular complexity index is 1050. The number of nitrogens with zero attached hydrogens (tertiary/aromatic N) is 2. The van der Waals surface area contributed by atoms with Crippen LogP contribution in [0, 0.1) is 5.82 Å². The molecule has 1 atom stereocenters. The molecule has 0 aliphatic heterocycles. The summed E-state index contributed by atoms with van der Waals surface area (Å²) in [4.78, 5) is 32.2. The van der Waals surface area contributed by atoms with E-state index in [1.54, 1.807) is 30.6 Å². The molecular weight excluding hydrogens is 421 g/mol. The van der Waals surface area contributed by atoms with E-state index in [-0.39, 0.29) is 28.4 Å². The Morgan fingerprint density at radius 1 is 1.16 bits per heavy atom. The first kappa shape index (κ1) is 21.1. The molecular formula is C23H21ClFN3O3. The normalized spacial score (nSPS) is 14.9. The summed E-state index contributed by atoms with van der Waals surface area (Å²) in [6.07, 6.45) is 8.37. The highest BCUT2D eigenvalue weighted by atomic mass is 35.5. The molecule has 4 rings (SSSR count). The lowest BCUT2D eigenvalue weighted by molar-refractivity contribution is -0.123. The smallest absolute Gasteiger partial charge is 0.294 e. The second-order valence-corrected chi connectivity index (χ2v) is 7.83. The van der Waals surface area contributed by atoms with E-state index in [1.165, 1.54) is 35.4 Å². The van der Waals surface area contributed by atoms with E-state index in [4.69, 9.17) is 16.0 Å². The lowest BCUT2D eigenvalue weighted by Crippen LogP contribution is -2.46. The minimum Gasteiger partial charge on any atom is -0.459 e. The van der Waals surface area contributed by atoms with Gasteiger partial charge >= 0.3 is 0 Å². The Kier molecular flexibility index (Phi) is 6.32. The number of halogens is 2. The number of nitrogens with one attached hydrogen (secondary N) is 1. The van der Waals surface area contributed by atoms with Gasteiger partial charge in [-0.25, -0.2) is 4.39 Å². The molecule has 0 unspecified atom stereocenters. The summed E-state index contributed by atoms with van der Waals surface area (Å²) in [6.45, 7) is 0. The summed E-state index contributed by atoms with van der Waals surface area (Å²) in [5.74, 6) is -1.45. The summed E-state index contributed by atoms with van der Waals surface area (Å²) >= 11 is 6.01. The third-order valence-corrected chi connectivity index (χ3v) is 5.65. The first-order valence-electron chi connectivity index (χ1n) is 10.1. The quantitative estimate of drug-likeness (QED) is 0.589. The average molecular weight is 442 g/mol. The third-order valence-electron chi connectivity index (χ3n) is 5.36. The van der Waals surface area contributed by atoms with Crippen LogP contribution in [-0.4, -0.2) is 22.8 Å². The summed E-state index contributed by atoms with van der Waals surface area (Å²) < 4.78 is 19.2. The van der Waals surface area contributed by atoms with E-state index >= 15 is 0 Å². The number of carbonyl (C=O) groups is 2. The van der Waals surface area contributed by atoms with Gasteiger partial charge in [-0.05, 0) is 60.9 Å². The van der Waals surface area contributed by atoms with Gasteiger partial charge in [0.2, 0.25) is 5.91 Å². The first-order valence-corrected chi connectivity index (χ1v) is 10.4. The molecule has 0 radical (unpaired) electrons. The van der Waals surface area contributed by atoms with Crippen molar-refractivity contribution in [3.05, 3.63) is 83.3 Å². The first-order chi connectivity index (χ1) is 15.0. The zero-order chi connectivity index (χ0) is 21.8. The number of aromatic nitrogens is 1. The van der Waals surface area contributed by atoms with Gasteiger partial charge in [-0.15, -0.1) is 0 Å². The van der Waals surface area contributed by atoms with Gasteiger partial charge in [0.15, 0.2) is 5.76 Å². The summed E-state index contributed by atoms with van der Waals surface area (Å²) in [5, 5.41) is 2.91. The van der Waals surface area contributed by atoms with Crippen molar-refractivity contribution in [2.45, 2.75) is 37.8 Å². The van der Waals surface area contributed by atoms with Crippen LogP contribution in [0.15, 0.2) is 65.5 Å². The van der Waals surface area contributed by atoms with Crippen LogP contribution >= 0.6 is 11.6 Å². The number of benzene rings is 1. The van der Waals surface area contributed by atoms with Gasteiger partial charge in [-0.2, -0.15) is 0 Å². The van der Waals surface area contributed by atoms with E-state index in [9.17, 15) is 14.0 Å². The third kappa shape index (κ3) is 4.61. The maximum atomic E-state index is 13.8. The average Bonchev–Trinajstić information content (AvgIpc) is 3.48. The highest BCUT2D eigenvalue weighted by Crippen LogP contribution is 2.33. The van der Waals surface area contributed by atoms with E-state index in [1.807, 2.05) is 0 Å². The van der Waals surface area contributed by atoms with Crippen LogP contribution in [0.3, 0.4) is 0 Å². The second-order valence-electron chi connectivity index (χ2n) is 7.42. The maximum absolute atomic E-state index is 13.8. The number of furan rings is 1. The molecule has 1 aromatic carbocycles. The molecule has 1 aliphatic rings. The topological polar surface area (TPSA) is 75.4 Å². The van der Waals surface area contributed by atoms with Crippen molar-refractivity contribution in [3.63, 3.8) is 0 Å². The molecule has 2 aromatic heterocycles. The van der Waals surface area contributed by atoms with Crippen molar-refractivity contribution in [1.82, 2.24) is 10.3 Å². The Balaban J connectivity index is 1.81. The van der Waals surface area contributed by atoms with Crippen LogP contribution in [0.5, 0.6) is 0 Å². The Hall–Kier alpha value is -3.19. The molecule has 1 saturated carbocycles. The Labute approximate surface area is 184 Å². The molecule has 2 heterocycles. The van der Waals surface area contributed by atoms with Crippen molar-refractivity contribution in [2.75, 3.05) is 4.90 Å². The van der Waals surface area contributed by atoms with Gasteiger partial charge in [0, 0.05) is 24.1 Å². The van der Waals surface area contributed by atoms with Crippen LogP contribution in [0.1, 0.15) is 47.8 Å². The summed E-state index contributed by atoms with van der Waals surface area (Å²) in [6, 6.07) is 9.38. The lowest BCUT2D eigenvalue weighted by Gasteiger charge is -2.31. The van der Waals surface area contributed by atoms with Crippen molar-refractivity contribution in [2.24, 2.45) is 0 Å². The number of rotatable bonds is 6. The Morgan fingerprint density at radius 3 is 2.55 bits per heavy atom. The molecule has 3 aromatic rings. The number of anilines is 1. The van der Waals surface area contributed by atoms with Gasteiger partial charge in [0.1, 0.15) is 11.9 Å². The number of pyridine rings is 1. The van der Waals surface area contributed by atoms with Gasteiger partial charge in [0.05, 0.1) is 11.3 Å². The van der Waals surface area contributed by atoms with Gasteiger partial charge < -0.3 is 9.73 Å². The molecule has 0 saturated heterocycles. The van der Waals surface area contributed by atoms with Crippen molar-refractivity contribution in [3.8, 4) is 0 Å². The molecule has 31 heavy (non-hydrogen) atoms. The molecule has 6 nitrogen and oxygen atoms in total. The Morgan fingerprint density at radius 2 is 1.90 bits per heavy atom. The van der Waals surface area contributed by atoms with Crippen LogP contribution in [0.25, 0.3) is 0 Å². The SMILES string of the molecule is O=C(NC1CCCC1)[C@@H](c1ccncc1)N(C(=O)c1ccco1)c1ccc(F)c(Cl)c1. The molecule has 1 N–H and O–H groups in total. The second kappa shape index (κ2) is 9.31. The zero-order valence-electron chi connectivity index (χ0n) is 16.6. The van der Waals surface area contributed by atoms with E-state index < -0.39 is 17.8 Å². The highest BCUT2D eigenvalue weighted by Gasteiger charge is 2.36. The van der Waals surface area contributed by atoms with Crippen molar-refractivity contribution >= 4 is 29.1 Å². The van der Waals surface area contributed by atoms with E-state index in [0.29, 0.717) is 5.56 Å². The molecule has 160 valence electrons. The minimum atomic E-state index is -1.03. The van der Waals surface area contributed by atoms with E-state index in [0.717, 1.165) is 25.7 Å². The highest BCUT2D eigenvalue weighted by molar-refractivity contribution is 6.31. The number of hydrogen-bond donors (Lipinski definition) is 1. The maximum Gasteiger partial charge on any atom is 0.294 e. The van der Waals surface area contributed by atoms with Gasteiger partial charge in [-0.1, -0.05) is 24.4 Å². The number of carbonyl (C=O) groups excluding carboxylic acids is 2. The van der Waals surface area contributed by atoms with Crippen LogP contribution in [0.2, 0.25) is 5.02 Å². The number of amides is 2. The molecule has 1 aliphatic carbocycles. The predicted molar refractivity (Wildman–Crippen MR) is 114 cm³/mol. The molecule has 8 heteroatoms. The van der Waals surface area contributed by atoms with Crippen molar-refractivity contribution in [1.29, 1.82) is 0 Å². The van der Waals surface area contributed by atoms with Crippen LogP contribution in [-0.2, 0) is 4.79 Å². The predicted octanol–water partition coefficient (Wildman–Crippen LogP) is 4.91. The molecule has 0 bridgehead atoms. The van der Waals surface area contributed by atoms with E-state index in [2.05, 4.69) is 10.3 Å².